The number of nitrogens with one attached hydrogen (secondary N) is 1. The van der Waals surface area contributed by atoms with Crippen LogP contribution in [0.5, 0.6) is 0 Å². The fraction of sp³-hybridized carbons (Fsp3) is 0.474. The average Bonchev–Trinajstić information content (AvgIpc) is 2.97. The Bertz CT molecular complexity index is 566. The summed E-state index contributed by atoms with van der Waals surface area (Å²) in [5, 5.41) is 5.68. The Kier molecular flexibility index (Phi) is 5.23. The molecule has 2 aromatic rings. The van der Waals surface area contributed by atoms with Gasteiger partial charge in [0.2, 0.25) is 0 Å². The van der Waals surface area contributed by atoms with Crippen LogP contribution in [0.15, 0.2) is 35.7 Å². The molecule has 1 atom stereocenters. The van der Waals surface area contributed by atoms with Crippen LogP contribution in [-0.2, 0) is 11.8 Å². The van der Waals surface area contributed by atoms with Crippen molar-refractivity contribution in [3.8, 4) is 0 Å². The molecule has 1 unspecified atom stereocenters. The third-order valence-electron chi connectivity index (χ3n) is 4.62. The maximum absolute atomic E-state index is 3.48. The Morgan fingerprint density at radius 1 is 1.10 bits per heavy atom. The lowest BCUT2D eigenvalue weighted by Gasteiger charge is -2.24. The second-order valence-electron chi connectivity index (χ2n) is 6.24. The number of hydrogen-bond donors (Lipinski definition) is 1. The van der Waals surface area contributed by atoms with Crippen molar-refractivity contribution in [2.45, 2.75) is 52.0 Å². The van der Waals surface area contributed by atoms with Crippen LogP contribution in [0.3, 0.4) is 0 Å². The SMILES string of the molecule is CCc1ccsc1C(NC)c1ccc(C(C)(C)CC)cc1. The molecular formula is C19H27NS. The first-order chi connectivity index (χ1) is 10.0. The van der Waals surface area contributed by atoms with Gasteiger partial charge in [0.05, 0.1) is 6.04 Å². The van der Waals surface area contributed by atoms with Crippen LogP contribution in [0.4, 0.5) is 0 Å². The summed E-state index contributed by atoms with van der Waals surface area (Å²) >= 11 is 1.85. The molecule has 1 heterocycles. The highest BCUT2D eigenvalue weighted by Gasteiger charge is 2.20. The number of aryl methyl sites for hydroxylation is 1. The Morgan fingerprint density at radius 2 is 1.76 bits per heavy atom. The molecule has 2 heteroatoms. The lowest BCUT2D eigenvalue weighted by atomic mass is 9.81. The average molecular weight is 301 g/mol. The van der Waals surface area contributed by atoms with Gasteiger partial charge in [-0.25, -0.2) is 0 Å². The number of benzene rings is 1. The van der Waals surface area contributed by atoms with Crippen LogP contribution in [-0.4, -0.2) is 7.05 Å². The molecule has 0 bridgehead atoms. The van der Waals surface area contributed by atoms with E-state index >= 15 is 0 Å². The lowest BCUT2D eigenvalue weighted by molar-refractivity contribution is 0.506. The summed E-state index contributed by atoms with van der Waals surface area (Å²) in [6, 6.07) is 11.7. The highest BCUT2D eigenvalue weighted by molar-refractivity contribution is 7.10. The quantitative estimate of drug-likeness (QED) is 0.762. The van der Waals surface area contributed by atoms with Crippen molar-refractivity contribution in [1.82, 2.24) is 5.32 Å². The van der Waals surface area contributed by atoms with E-state index in [1.165, 1.54) is 21.6 Å². The monoisotopic (exact) mass is 301 g/mol. The maximum atomic E-state index is 3.48. The van der Waals surface area contributed by atoms with Gasteiger partial charge >= 0.3 is 0 Å². The highest BCUT2D eigenvalue weighted by atomic mass is 32.1. The van der Waals surface area contributed by atoms with Crippen LogP contribution in [0, 0.1) is 0 Å². The van der Waals surface area contributed by atoms with E-state index in [1.807, 2.05) is 18.4 Å². The molecule has 0 amide bonds. The Morgan fingerprint density at radius 3 is 2.29 bits per heavy atom. The van der Waals surface area contributed by atoms with Crippen LogP contribution < -0.4 is 5.32 Å². The summed E-state index contributed by atoms with van der Waals surface area (Å²) in [6.07, 6.45) is 2.25. The largest absolute Gasteiger partial charge is 0.309 e. The van der Waals surface area contributed by atoms with Crippen LogP contribution in [0.2, 0.25) is 0 Å². The van der Waals surface area contributed by atoms with Crippen molar-refractivity contribution in [2.24, 2.45) is 0 Å². The Balaban J connectivity index is 2.32. The minimum atomic E-state index is 0.255. The molecule has 0 fully saturated rings. The van der Waals surface area contributed by atoms with E-state index in [2.05, 4.69) is 68.7 Å². The molecular weight excluding hydrogens is 274 g/mol. The molecule has 1 aromatic carbocycles. The molecule has 114 valence electrons. The zero-order chi connectivity index (χ0) is 15.5. The molecule has 0 aliphatic carbocycles. The minimum absolute atomic E-state index is 0.255. The molecule has 2 rings (SSSR count). The van der Waals surface area contributed by atoms with Gasteiger partial charge in [0.1, 0.15) is 0 Å². The molecule has 0 radical (unpaired) electrons. The summed E-state index contributed by atoms with van der Waals surface area (Å²) in [5.41, 5.74) is 4.48. The Hall–Kier alpha value is -1.12. The molecule has 21 heavy (non-hydrogen) atoms. The predicted molar refractivity (Wildman–Crippen MR) is 94.4 cm³/mol. The topological polar surface area (TPSA) is 12.0 Å². The van der Waals surface area contributed by atoms with Gasteiger partial charge in [-0.2, -0.15) is 0 Å². The lowest BCUT2D eigenvalue weighted by Crippen LogP contribution is -2.19. The molecule has 0 aliphatic rings. The third kappa shape index (κ3) is 3.38. The van der Waals surface area contributed by atoms with Gasteiger partial charge in [-0.3, -0.25) is 0 Å². The Labute approximate surface area is 133 Å². The molecule has 0 aliphatic heterocycles. The second kappa shape index (κ2) is 6.76. The van der Waals surface area contributed by atoms with Crippen molar-refractivity contribution >= 4 is 11.3 Å². The molecule has 0 saturated heterocycles. The number of hydrogen-bond acceptors (Lipinski definition) is 2. The zero-order valence-electron chi connectivity index (χ0n) is 13.9. The first-order valence-electron chi connectivity index (χ1n) is 7.87. The number of rotatable bonds is 6. The highest BCUT2D eigenvalue weighted by Crippen LogP contribution is 2.32. The minimum Gasteiger partial charge on any atom is -0.309 e. The van der Waals surface area contributed by atoms with Crippen LogP contribution in [0.1, 0.15) is 61.7 Å². The molecule has 0 spiro atoms. The van der Waals surface area contributed by atoms with E-state index in [0.717, 1.165) is 12.8 Å². The number of thiophene rings is 1. The van der Waals surface area contributed by atoms with Gasteiger partial charge in [-0.1, -0.05) is 52.0 Å². The van der Waals surface area contributed by atoms with Gasteiger partial charge in [0.15, 0.2) is 0 Å². The van der Waals surface area contributed by atoms with Crippen molar-refractivity contribution in [1.29, 1.82) is 0 Å². The predicted octanol–water partition coefficient (Wildman–Crippen LogP) is 5.31. The van der Waals surface area contributed by atoms with Crippen LogP contribution >= 0.6 is 11.3 Å². The first-order valence-corrected chi connectivity index (χ1v) is 8.75. The van der Waals surface area contributed by atoms with Crippen molar-refractivity contribution in [3.63, 3.8) is 0 Å². The van der Waals surface area contributed by atoms with Crippen molar-refractivity contribution in [3.05, 3.63) is 57.3 Å². The molecule has 0 saturated carbocycles. The van der Waals surface area contributed by atoms with Gasteiger partial charge < -0.3 is 5.32 Å². The summed E-state index contributed by atoms with van der Waals surface area (Å²) in [7, 11) is 2.05. The van der Waals surface area contributed by atoms with Gasteiger partial charge in [0, 0.05) is 4.88 Å². The molecule has 1 aromatic heterocycles. The van der Waals surface area contributed by atoms with Crippen molar-refractivity contribution in [2.75, 3.05) is 7.05 Å². The zero-order valence-corrected chi connectivity index (χ0v) is 14.7. The van der Waals surface area contributed by atoms with Crippen LogP contribution in [0.25, 0.3) is 0 Å². The smallest absolute Gasteiger partial charge is 0.0671 e. The third-order valence-corrected chi connectivity index (χ3v) is 5.65. The maximum Gasteiger partial charge on any atom is 0.0671 e. The fourth-order valence-corrected chi connectivity index (χ4v) is 3.81. The second-order valence-corrected chi connectivity index (χ2v) is 7.19. The van der Waals surface area contributed by atoms with E-state index in [9.17, 15) is 0 Å². The van der Waals surface area contributed by atoms with Gasteiger partial charge in [-0.05, 0) is 53.4 Å². The van der Waals surface area contributed by atoms with Gasteiger partial charge in [-0.15, -0.1) is 11.3 Å². The normalized spacial score (nSPS) is 13.4. The van der Waals surface area contributed by atoms with E-state index in [0.29, 0.717) is 6.04 Å². The first kappa shape index (κ1) is 16.3. The summed E-state index contributed by atoms with van der Waals surface area (Å²) < 4.78 is 0. The van der Waals surface area contributed by atoms with E-state index in [4.69, 9.17) is 0 Å². The van der Waals surface area contributed by atoms with E-state index in [-0.39, 0.29) is 5.41 Å². The fourth-order valence-electron chi connectivity index (χ4n) is 2.67. The summed E-state index contributed by atoms with van der Waals surface area (Å²) in [4.78, 5) is 1.45. The molecule has 1 N–H and O–H groups in total. The van der Waals surface area contributed by atoms with E-state index in [1.54, 1.807) is 0 Å². The standard InChI is InChI=1S/C19H27NS/c1-6-14-12-13-21-18(14)17(20-5)15-8-10-16(11-9-15)19(3,4)7-2/h8-13,17,20H,6-7H2,1-5H3. The summed E-state index contributed by atoms with van der Waals surface area (Å²) in [6.45, 7) is 9.10. The van der Waals surface area contributed by atoms with E-state index < -0.39 is 0 Å². The summed E-state index contributed by atoms with van der Waals surface area (Å²) in [5.74, 6) is 0. The van der Waals surface area contributed by atoms with Crippen molar-refractivity contribution < 1.29 is 0 Å². The molecule has 1 nitrogen and oxygen atoms in total. The van der Waals surface area contributed by atoms with Gasteiger partial charge in [0.25, 0.3) is 0 Å².